The van der Waals surface area contributed by atoms with Crippen LogP contribution in [0, 0.1) is 0 Å². The Morgan fingerprint density at radius 3 is 2.29 bits per heavy atom. The van der Waals surface area contributed by atoms with Gasteiger partial charge in [0.25, 0.3) is 11.8 Å². The molecular weight excluding hydrogens is 775 g/mol. The second-order valence-electron chi connectivity index (χ2n) is 14.7. The van der Waals surface area contributed by atoms with Crippen LogP contribution in [0.5, 0.6) is 0 Å². The van der Waals surface area contributed by atoms with Crippen molar-refractivity contribution in [3.63, 3.8) is 0 Å². The quantitative estimate of drug-likeness (QED) is 0.0654. The Labute approximate surface area is 341 Å². The third-order valence-corrected chi connectivity index (χ3v) is 11.6. The number of piperidine rings is 1. The smallest absolute Gasteiger partial charge is 0.262 e. The molecule has 0 saturated carbocycles. The van der Waals surface area contributed by atoms with Gasteiger partial charge >= 0.3 is 0 Å². The highest BCUT2D eigenvalue weighted by molar-refractivity contribution is 7.90. The predicted molar refractivity (Wildman–Crippen MR) is 223 cm³/mol. The van der Waals surface area contributed by atoms with Gasteiger partial charge in [-0.05, 0) is 86.0 Å². The van der Waals surface area contributed by atoms with Crippen LogP contribution in [-0.4, -0.2) is 104 Å². The number of carbonyl (C=O) groups is 5. The van der Waals surface area contributed by atoms with E-state index in [4.69, 9.17) is 5.73 Å². The number of sulfone groups is 1. The van der Waals surface area contributed by atoms with Crippen LogP contribution < -0.4 is 26.6 Å². The first kappa shape index (κ1) is 40.6. The van der Waals surface area contributed by atoms with Crippen LogP contribution in [0.1, 0.15) is 59.2 Å². The van der Waals surface area contributed by atoms with Crippen molar-refractivity contribution >= 4 is 68.2 Å². The van der Waals surface area contributed by atoms with Gasteiger partial charge in [-0.15, -0.1) is 0 Å². The number of imide groups is 2. The lowest BCUT2D eigenvalue weighted by atomic mass is 10.0. The maximum atomic E-state index is 13.1. The molecule has 0 radical (unpaired) electrons. The number of piperazine rings is 1. The first-order valence-electron chi connectivity index (χ1n) is 19.4. The summed E-state index contributed by atoms with van der Waals surface area (Å²) in [5, 5.41) is 8.58. The van der Waals surface area contributed by atoms with Gasteiger partial charge in [-0.3, -0.25) is 34.2 Å². The van der Waals surface area contributed by atoms with Crippen molar-refractivity contribution in [3.8, 4) is 11.3 Å². The molecule has 7 rings (SSSR count). The predicted octanol–water partition coefficient (Wildman–Crippen LogP) is 3.93. The Morgan fingerprint density at radius 1 is 0.864 bits per heavy atom. The minimum Gasteiger partial charge on any atom is -0.385 e. The van der Waals surface area contributed by atoms with Crippen LogP contribution in [0.25, 0.3) is 11.3 Å². The lowest BCUT2D eigenvalue weighted by Crippen LogP contribution is -2.54. The lowest BCUT2D eigenvalue weighted by molar-refractivity contribution is -0.136. The van der Waals surface area contributed by atoms with Crippen molar-refractivity contribution < 1.29 is 32.4 Å². The Morgan fingerprint density at radius 2 is 1.58 bits per heavy atom. The maximum Gasteiger partial charge on any atom is 0.262 e. The summed E-state index contributed by atoms with van der Waals surface area (Å²) in [5.74, 6) is -1.43. The molecule has 1 unspecified atom stereocenters. The number of guanidine groups is 1. The number of hydrogen-bond acceptors (Lipinski definition) is 11. The SMILES string of the molecule is CS(=O)(=O)c1ccc(-c2cccc(N=C(N)Nc3ccc(N4CCN(C(=O)CCCCCNc5ccc6c(c5)C(=O)N(C5CCC(=O)NC5=O)C6=O)CC4)cc3)n2)cc1. The molecule has 59 heavy (non-hydrogen) atoms. The minimum atomic E-state index is -3.30. The summed E-state index contributed by atoms with van der Waals surface area (Å²) in [6, 6.07) is 23.6. The molecule has 5 amide bonds. The van der Waals surface area contributed by atoms with E-state index in [-0.39, 0.29) is 40.7 Å². The van der Waals surface area contributed by atoms with Crippen LogP contribution in [0.15, 0.2) is 94.8 Å². The molecule has 4 aromatic rings. The second-order valence-corrected chi connectivity index (χ2v) is 16.7. The van der Waals surface area contributed by atoms with E-state index in [1.807, 2.05) is 35.2 Å². The molecule has 0 bridgehead atoms. The molecule has 1 aromatic heterocycles. The normalized spacial score (nSPS) is 17.2. The fourth-order valence-electron chi connectivity index (χ4n) is 7.34. The van der Waals surface area contributed by atoms with Crippen LogP contribution in [0.2, 0.25) is 0 Å². The molecule has 2 saturated heterocycles. The Balaban J connectivity index is 0.805. The summed E-state index contributed by atoms with van der Waals surface area (Å²) in [6.45, 7) is 3.32. The third kappa shape index (κ3) is 9.58. The number of fused-ring (bicyclic) bond motifs is 1. The molecule has 1 atom stereocenters. The summed E-state index contributed by atoms with van der Waals surface area (Å²) in [6.07, 6.45) is 4.21. The number of aromatic nitrogens is 1. The summed E-state index contributed by atoms with van der Waals surface area (Å²) in [4.78, 5) is 77.1. The van der Waals surface area contributed by atoms with Crippen molar-refractivity contribution in [1.29, 1.82) is 0 Å². The molecule has 4 heterocycles. The number of aliphatic imine (C=N–C) groups is 1. The number of amides is 5. The van der Waals surface area contributed by atoms with Crippen molar-refractivity contribution in [1.82, 2.24) is 20.1 Å². The zero-order chi connectivity index (χ0) is 41.7. The molecule has 5 N–H and O–H groups in total. The minimum absolute atomic E-state index is 0.0677. The van der Waals surface area contributed by atoms with Crippen molar-refractivity contribution in [2.45, 2.75) is 49.5 Å². The van der Waals surface area contributed by atoms with Gasteiger partial charge in [0, 0.05) is 74.4 Å². The fourth-order valence-corrected chi connectivity index (χ4v) is 7.97. The largest absolute Gasteiger partial charge is 0.385 e. The van der Waals surface area contributed by atoms with E-state index in [1.54, 1.807) is 54.6 Å². The van der Waals surface area contributed by atoms with Gasteiger partial charge in [0.2, 0.25) is 17.7 Å². The van der Waals surface area contributed by atoms with Gasteiger partial charge in [0.1, 0.15) is 6.04 Å². The molecule has 0 spiro atoms. The van der Waals surface area contributed by atoms with E-state index in [1.165, 1.54) is 6.26 Å². The number of rotatable bonds is 13. The summed E-state index contributed by atoms with van der Waals surface area (Å²) in [5.41, 5.74) is 10.5. The second kappa shape index (κ2) is 17.5. The van der Waals surface area contributed by atoms with E-state index in [9.17, 15) is 32.4 Å². The summed E-state index contributed by atoms with van der Waals surface area (Å²) in [7, 11) is -3.30. The average Bonchev–Trinajstić information content (AvgIpc) is 3.47. The van der Waals surface area contributed by atoms with Gasteiger partial charge in [-0.2, -0.15) is 4.99 Å². The molecule has 17 heteroatoms. The van der Waals surface area contributed by atoms with Gasteiger partial charge in [0.05, 0.1) is 21.7 Å². The Kier molecular flexibility index (Phi) is 12.0. The number of pyridine rings is 1. The maximum absolute atomic E-state index is 13.1. The van der Waals surface area contributed by atoms with Gasteiger partial charge < -0.3 is 26.2 Å². The Hall–Kier alpha value is -6.62. The summed E-state index contributed by atoms with van der Waals surface area (Å²) >= 11 is 0. The van der Waals surface area contributed by atoms with E-state index in [0.717, 1.165) is 41.1 Å². The van der Waals surface area contributed by atoms with Crippen molar-refractivity contribution in [2.24, 2.45) is 10.7 Å². The van der Waals surface area contributed by atoms with Crippen LogP contribution in [0.4, 0.5) is 22.9 Å². The highest BCUT2D eigenvalue weighted by atomic mass is 32.2. The van der Waals surface area contributed by atoms with Gasteiger partial charge in [-0.25, -0.2) is 13.4 Å². The van der Waals surface area contributed by atoms with Gasteiger partial charge in [-0.1, -0.05) is 24.6 Å². The van der Waals surface area contributed by atoms with Crippen molar-refractivity contribution in [3.05, 3.63) is 96.1 Å². The van der Waals surface area contributed by atoms with Crippen molar-refractivity contribution in [2.75, 3.05) is 54.5 Å². The fraction of sp³-hybridized carbons (Fsp3) is 0.310. The van der Waals surface area contributed by atoms with E-state index < -0.39 is 39.5 Å². The number of nitrogens with two attached hydrogens (primary N) is 1. The van der Waals surface area contributed by atoms with Crippen LogP contribution in [-0.2, 0) is 24.2 Å². The molecule has 2 fully saturated rings. The monoisotopic (exact) mass is 819 g/mol. The van der Waals surface area contributed by atoms with E-state index >= 15 is 0 Å². The number of nitrogens with one attached hydrogen (secondary N) is 3. The molecular formula is C42H45N9O7S. The number of carbonyl (C=O) groups excluding carboxylic acids is 5. The number of unbranched alkanes of at least 4 members (excludes halogenated alkanes) is 2. The first-order valence-corrected chi connectivity index (χ1v) is 21.3. The standard InChI is InChI=1S/C42H45N9O7S/c1-59(57,58)31-16-9-27(10-17-31)34-6-5-7-36(46-34)47-42(43)45-28-11-14-30(15-12-28)49-22-24-50(25-23-49)38(53)8-3-2-4-21-44-29-13-18-32-33(26-29)41(56)51(40(32)55)35-19-20-37(52)48-39(35)54/h5-7,9-18,26,35,44H,2-4,8,19-25H2,1H3,(H,48,52,54)(H3,43,45,46,47). The molecule has 0 aliphatic carbocycles. The highest BCUT2D eigenvalue weighted by Crippen LogP contribution is 2.30. The number of anilines is 3. The number of nitrogens with zero attached hydrogens (tertiary/aromatic N) is 5. The van der Waals surface area contributed by atoms with Crippen LogP contribution >= 0.6 is 0 Å². The number of hydrogen-bond donors (Lipinski definition) is 4. The zero-order valence-corrected chi connectivity index (χ0v) is 33.3. The molecule has 306 valence electrons. The molecule has 3 aliphatic heterocycles. The third-order valence-electron chi connectivity index (χ3n) is 10.5. The lowest BCUT2D eigenvalue weighted by Gasteiger charge is -2.36. The van der Waals surface area contributed by atoms with E-state index in [2.05, 4.69) is 30.8 Å². The molecule has 3 aliphatic rings. The van der Waals surface area contributed by atoms with Crippen LogP contribution in [0.3, 0.4) is 0 Å². The topological polar surface area (TPSA) is 217 Å². The Bertz CT molecular complexity index is 2410. The van der Waals surface area contributed by atoms with E-state index in [0.29, 0.717) is 56.3 Å². The molecule has 3 aromatic carbocycles. The van der Waals surface area contributed by atoms with Gasteiger partial charge in [0.15, 0.2) is 21.6 Å². The molecule has 16 nitrogen and oxygen atoms in total. The number of benzene rings is 3. The highest BCUT2D eigenvalue weighted by Gasteiger charge is 2.44. The summed E-state index contributed by atoms with van der Waals surface area (Å²) < 4.78 is 23.6. The zero-order valence-electron chi connectivity index (χ0n) is 32.5. The average molecular weight is 820 g/mol. The first-order chi connectivity index (χ1) is 28.3.